The van der Waals surface area contributed by atoms with Gasteiger partial charge >= 0.3 is 7.54 Å². The van der Waals surface area contributed by atoms with Crippen LogP contribution in [0.1, 0.15) is 0 Å². The van der Waals surface area contributed by atoms with Crippen LogP contribution in [0, 0.1) is 10.5 Å². The number of nitrogens with one attached hydrogen (secondary N) is 1. The Labute approximate surface area is 32.3 Å². The van der Waals surface area contributed by atoms with E-state index in [1.807, 2.05) is 0 Å². The molecule has 0 aliphatic rings. The molecular formula is HBF3NO. The Morgan fingerprint density at radius 1 is 1.17 bits per heavy atom. The maximum Gasteiger partial charge on any atom is 0.762 e. The minimum Gasteiger partial charge on any atom is -0.254 e. The molecule has 0 unspecified atom stereocenters. The Morgan fingerprint density at radius 2 is 1.17 bits per heavy atom. The summed E-state index contributed by atoms with van der Waals surface area (Å²) in [6.45, 7) is 0. The highest BCUT2D eigenvalue weighted by atomic mass is 19.4. The van der Waals surface area contributed by atoms with Crippen LogP contribution in [0.25, 0.3) is 0 Å². The number of rotatable bonds is 0. The summed E-state index contributed by atoms with van der Waals surface area (Å²) in [6, 6.07) is 0. The Kier molecular flexibility index (Phi) is 13.3. The quantitative estimate of drug-likeness (QED) is 0.359. The Morgan fingerprint density at radius 3 is 1.17 bits per heavy atom. The van der Waals surface area contributed by atoms with Gasteiger partial charge in [-0.05, 0) is 0 Å². The van der Waals surface area contributed by atoms with Crippen LogP contribution in [-0.4, -0.2) is 7.54 Å². The highest BCUT2D eigenvalue weighted by Crippen LogP contribution is 1.80. The van der Waals surface area contributed by atoms with Crippen molar-refractivity contribution < 1.29 is 12.9 Å². The van der Waals surface area contributed by atoms with Gasteiger partial charge in [0.05, 0.1) is 0 Å². The van der Waals surface area contributed by atoms with Crippen molar-refractivity contribution >= 4 is 7.54 Å². The van der Waals surface area contributed by atoms with E-state index in [1.165, 1.54) is 0 Å². The van der Waals surface area contributed by atoms with Gasteiger partial charge in [0.15, 0.2) is 0 Å². The van der Waals surface area contributed by atoms with E-state index in [0.717, 1.165) is 0 Å². The van der Waals surface area contributed by atoms with E-state index in [4.69, 9.17) is 4.91 Å². The van der Waals surface area contributed by atoms with Crippen LogP contribution >= 0.6 is 0 Å². The minimum absolute atomic E-state index is 3.67. The van der Waals surface area contributed by atoms with E-state index < -0.39 is 7.54 Å². The Balaban J connectivity index is 0. The zero-order chi connectivity index (χ0) is 5.58. The molecule has 0 fully saturated rings. The summed E-state index contributed by atoms with van der Waals surface area (Å²) >= 11 is 0. The van der Waals surface area contributed by atoms with Gasteiger partial charge in [-0.1, -0.05) is 5.59 Å². The molecule has 0 bridgehead atoms. The first-order valence-corrected chi connectivity index (χ1v) is 0.859. The maximum absolute atomic E-state index is 9.67. The van der Waals surface area contributed by atoms with Crippen LogP contribution in [0.15, 0.2) is 0 Å². The van der Waals surface area contributed by atoms with Gasteiger partial charge in [-0.25, -0.2) is 0 Å². The molecular weight excluding hydrogens is 97.8 g/mol. The van der Waals surface area contributed by atoms with Crippen molar-refractivity contribution in [2.24, 2.45) is 0 Å². The van der Waals surface area contributed by atoms with Crippen molar-refractivity contribution in [1.29, 1.82) is 5.59 Å². The maximum atomic E-state index is 9.67. The lowest BCUT2D eigenvalue weighted by atomic mass is 10.5. The number of nitroso groups, excluding NO2 is 1. The molecule has 36 valence electrons. The van der Waals surface area contributed by atoms with Crippen LogP contribution in [0.2, 0.25) is 0 Å². The molecule has 0 saturated heterocycles. The van der Waals surface area contributed by atoms with Gasteiger partial charge in [0.2, 0.25) is 0 Å². The minimum atomic E-state index is -3.67. The summed E-state index contributed by atoms with van der Waals surface area (Å²) in [6.07, 6.45) is 0. The molecule has 0 saturated carbocycles. The largest absolute Gasteiger partial charge is 0.762 e. The second-order valence-electron chi connectivity index (χ2n) is 0.247. The molecule has 0 aromatic heterocycles. The van der Waals surface area contributed by atoms with Crippen LogP contribution in [-0.2, 0) is 0 Å². The van der Waals surface area contributed by atoms with Gasteiger partial charge in [0.25, 0.3) is 0 Å². The molecule has 0 radical (unpaired) electrons. The van der Waals surface area contributed by atoms with Gasteiger partial charge in [-0.2, -0.15) is 4.91 Å². The third-order valence-electron chi connectivity index (χ3n) is 0. The standard InChI is InChI=1S/BF3.HNO/c2-1(3)4;1-2/h;1H. The molecule has 0 aromatic rings. The van der Waals surface area contributed by atoms with Gasteiger partial charge in [0.1, 0.15) is 0 Å². The molecule has 0 atom stereocenters. The van der Waals surface area contributed by atoms with Crippen LogP contribution in [0.3, 0.4) is 0 Å². The summed E-state index contributed by atoms with van der Waals surface area (Å²) < 4.78 is 29.0. The molecule has 0 aromatic carbocycles. The SMILES string of the molecule is FB(F)F.N=O. The fourth-order valence-corrected chi connectivity index (χ4v) is 0. The lowest BCUT2D eigenvalue weighted by molar-refractivity contribution is 0.535. The first-order chi connectivity index (χ1) is 2.73. The predicted molar refractivity (Wildman–Crippen MR) is 15.2 cm³/mol. The average Bonchev–Trinajstić information content (AvgIpc) is 1.41. The van der Waals surface area contributed by atoms with Crippen molar-refractivity contribution in [3.05, 3.63) is 4.91 Å². The third kappa shape index (κ3) is 70.1. The second-order valence-corrected chi connectivity index (χ2v) is 0.247. The molecule has 2 nitrogen and oxygen atoms in total. The molecule has 6 heteroatoms. The van der Waals surface area contributed by atoms with Gasteiger partial charge in [-0.3, -0.25) is 12.9 Å². The molecule has 0 amide bonds. The van der Waals surface area contributed by atoms with E-state index in [0.29, 0.717) is 0 Å². The summed E-state index contributed by atoms with van der Waals surface area (Å²) in [4.78, 5) is 7.50. The van der Waals surface area contributed by atoms with E-state index in [1.54, 1.807) is 0 Å². The number of halogens is 3. The fraction of sp³-hybridized carbons (Fsp3) is 0. The van der Waals surface area contributed by atoms with E-state index in [2.05, 4.69) is 5.59 Å². The van der Waals surface area contributed by atoms with Crippen molar-refractivity contribution in [3.8, 4) is 0 Å². The second kappa shape index (κ2) is 8.82. The summed E-state index contributed by atoms with van der Waals surface area (Å²) in [5.74, 6) is 0. The van der Waals surface area contributed by atoms with Gasteiger partial charge in [-0.15, -0.1) is 0 Å². The molecule has 0 aliphatic carbocycles. The lowest BCUT2D eigenvalue weighted by Crippen LogP contribution is -1.76. The van der Waals surface area contributed by atoms with Crippen LogP contribution in [0.5, 0.6) is 0 Å². The highest BCUT2D eigenvalue weighted by molar-refractivity contribution is 6.33. The highest BCUT2D eigenvalue weighted by Gasteiger charge is 2.06. The van der Waals surface area contributed by atoms with E-state index >= 15 is 0 Å². The predicted octanol–water partition coefficient (Wildman–Crippen LogP) is 1.21. The summed E-state index contributed by atoms with van der Waals surface area (Å²) in [5.41, 5.74) is 4.50. The average molecular weight is 98.8 g/mol. The Bertz CT molecular complexity index is 22.0. The zero-order valence-corrected chi connectivity index (χ0v) is 2.62. The third-order valence-corrected chi connectivity index (χ3v) is 0. The molecule has 0 spiro atoms. The topological polar surface area (TPSA) is 40.9 Å². The normalized spacial score (nSPS) is 5.17. The monoisotopic (exact) mass is 99.0 g/mol. The van der Waals surface area contributed by atoms with Gasteiger partial charge in [0, 0.05) is 0 Å². The van der Waals surface area contributed by atoms with Crippen LogP contribution in [0.4, 0.5) is 12.9 Å². The first kappa shape index (κ1) is 9.07. The van der Waals surface area contributed by atoms with Crippen molar-refractivity contribution in [2.75, 3.05) is 0 Å². The zero-order valence-electron chi connectivity index (χ0n) is 2.62. The first-order valence-electron chi connectivity index (χ1n) is 0.859. The van der Waals surface area contributed by atoms with Crippen molar-refractivity contribution in [2.45, 2.75) is 0 Å². The van der Waals surface area contributed by atoms with E-state index in [9.17, 15) is 12.9 Å². The molecule has 6 heavy (non-hydrogen) atoms. The fourth-order valence-electron chi connectivity index (χ4n) is 0. The smallest absolute Gasteiger partial charge is 0.254 e. The van der Waals surface area contributed by atoms with Crippen LogP contribution < -0.4 is 0 Å². The summed E-state index contributed by atoms with van der Waals surface area (Å²) in [5, 5.41) is 0. The molecule has 0 aliphatic heterocycles. The Hall–Kier alpha value is -0.545. The van der Waals surface area contributed by atoms with E-state index in [-0.39, 0.29) is 0 Å². The summed E-state index contributed by atoms with van der Waals surface area (Å²) in [7, 11) is -3.67. The lowest BCUT2D eigenvalue weighted by Gasteiger charge is -1.55. The van der Waals surface area contributed by atoms with Crippen molar-refractivity contribution in [1.82, 2.24) is 0 Å². The molecule has 0 heterocycles. The molecule has 0 rings (SSSR count). The van der Waals surface area contributed by atoms with Crippen molar-refractivity contribution in [3.63, 3.8) is 0 Å². The molecule has 1 N–H and O–H groups in total. The van der Waals surface area contributed by atoms with Gasteiger partial charge < -0.3 is 0 Å². The number of hydrogen-bond donors (Lipinski definition) is 1. The number of hydrogen-bond acceptors (Lipinski definition) is 2.